The van der Waals surface area contributed by atoms with Gasteiger partial charge in [-0.25, -0.2) is 0 Å². The zero-order valence-corrected chi connectivity index (χ0v) is 11.7. The minimum absolute atomic E-state index is 0.209. The van der Waals surface area contributed by atoms with E-state index in [-0.39, 0.29) is 12.3 Å². The molecule has 1 atom stereocenters. The zero-order valence-electron chi connectivity index (χ0n) is 11.7. The van der Waals surface area contributed by atoms with E-state index in [4.69, 9.17) is 5.11 Å². The number of aliphatic carboxylic acids is 1. The van der Waals surface area contributed by atoms with Crippen molar-refractivity contribution in [1.82, 2.24) is 0 Å². The van der Waals surface area contributed by atoms with Crippen LogP contribution < -0.4 is 0 Å². The van der Waals surface area contributed by atoms with Crippen molar-refractivity contribution in [3.63, 3.8) is 0 Å². The summed E-state index contributed by atoms with van der Waals surface area (Å²) in [5, 5.41) is 9.14. The molecule has 98 valence electrons. The van der Waals surface area contributed by atoms with Gasteiger partial charge in [-0.15, -0.1) is 0 Å². The Bertz CT molecular complexity index is 458. The number of aryl methyl sites for hydroxylation is 2. The maximum atomic E-state index is 11.1. The van der Waals surface area contributed by atoms with Crippen LogP contribution in [0.15, 0.2) is 6.07 Å². The lowest BCUT2D eigenvalue weighted by Crippen LogP contribution is -2.12. The highest BCUT2D eigenvalue weighted by atomic mass is 16.4. The molecule has 2 nitrogen and oxygen atoms in total. The molecule has 1 aromatic rings. The third kappa shape index (κ3) is 2.43. The third-order valence-electron chi connectivity index (χ3n) is 4.38. The molecule has 2 heteroatoms. The van der Waals surface area contributed by atoms with Gasteiger partial charge in [0.15, 0.2) is 0 Å². The number of carbonyl (C=O) groups is 1. The summed E-state index contributed by atoms with van der Waals surface area (Å²) < 4.78 is 0. The number of carboxylic acid groups (broad SMARTS) is 1. The largest absolute Gasteiger partial charge is 0.481 e. The van der Waals surface area contributed by atoms with Gasteiger partial charge in [0.25, 0.3) is 0 Å². The summed E-state index contributed by atoms with van der Waals surface area (Å²) in [7, 11) is 0. The second-order valence-electron chi connectivity index (χ2n) is 5.72. The van der Waals surface area contributed by atoms with Crippen LogP contribution in [0.2, 0.25) is 0 Å². The van der Waals surface area contributed by atoms with E-state index < -0.39 is 5.97 Å². The maximum Gasteiger partial charge on any atom is 0.303 e. The Hall–Kier alpha value is -1.31. The second kappa shape index (κ2) is 4.75. The van der Waals surface area contributed by atoms with Crippen LogP contribution in [0.1, 0.15) is 53.0 Å². The normalized spacial score (nSPS) is 16.7. The van der Waals surface area contributed by atoms with E-state index in [0.29, 0.717) is 5.92 Å². The topological polar surface area (TPSA) is 37.3 Å². The Morgan fingerprint density at radius 2 is 1.72 bits per heavy atom. The van der Waals surface area contributed by atoms with Crippen LogP contribution in [0, 0.1) is 33.6 Å². The molecule has 1 unspecified atom stereocenters. The van der Waals surface area contributed by atoms with E-state index in [1.807, 2.05) is 0 Å². The first-order chi connectivity index (χ1) is 8.41. The van der Waals surface area contributed by atoms with E-state index in [0.717, 1.165) is 0 Å². The first kappa shape index (κ1) is 13.1. The number of carboxylic acids is 1. The van der Waals surface area contributed by atoms with Crippen LogP contribution >= 0.6 is 0 Å². The van der Waals surface area contributed by atoms with Crippen molar-refractivity contribution >= 4 is 5.97 Å². The fraction of sp³-hybridized carbons (Fsp3) is 0.562. The minimum Gasteiger partial charge on any atom is -0.481 e. The second-order valence-corrected chi connectivity index (χ2v) is 5.72. The molecule has 1 aliphatic carbocycles. The average molecular weight is 246 g/mol. The summed E-state index contributed by atoms with van der Waals surface area (Å²) in [4.78, 5) is 11.1. The van der Waals surface area contributed by atoms with E-state index in [9.17, 15) is 4.79 Å². The highest BCUT2D eigenvalue weighted by Gasteiger charge is 2.35. The summed E-state index contributed by atoms with van der Waals surface area (Å²) >= 11 is 0. The lowest BCUT2D eigenvalue weighted by Gasteiger charge is -2.23. The predicted molar refractivity (Wildman–Crippen MR) is 73.1 cm³/mol. The van der Waals surface area contributed by atoms with Gasteiger partial charge in [-0.3, -0.25) is 4.79 Å². The molecule has 0 saturated heterocycles. The third-order valence-corrected chi connectivity index (χ3v) is 4.38. The van der Waals surface area contributed by atoms with Gasteiger partial charge in [-0.1, -0.05) is 6.07 Å². The van der Waals surface area contributed by atoms with Crippen molar-refractivity contribution in [3.05, 3.63) is 33.9 Å². The van der Waals surface area contributed by atoms with Gasteiger partial charge in [0.05, 0.1) is 6.42 Å². The minimum atomic E-state index is -0.676. The molecular formula is C16H22O2. The zero-order chi connectivity index (χ0) is 13.4. The van der Waals surface area contributed by atoms with Crippen LogP contribution in [0.3, 0.4) is 0 Å². The van der Waals surface area contributed by atoms with Gasteiger partial charge < -0.3 is 5.11 Å². The van der Waals surface area contributed by atoms with Gasteiger partial charge >= 0.3 is 5.97 Å². The molecule has 18 heavy (non-hydrogen) atoms. The standard InChI is InChI=1S/C16H22O2/c1-9-7-10(2)12(4)16(11(9)3)14(8-15(17)18)13-5-6-13/h7,13-14H,5-6,8H2,1-4H3,(H,17,18). The quantitative estimate of drug-likeness (QED) is 0.875. The summed E-state index contributed by atoms with van der Waals surface area (Å²) in [6.07, 6.45) is 2.64. The smallest absolute Gasteiger partial charge is 0.303 e. The monoisotopic (exact) mass is 246 g/mol. The molecule has 1 aromatic carbocycles. The Labute approximate surface area is 109 Å². The van der Waals surface area contributed by atoms with Crippen LogP contribution in [0.25, 0.3) is 0 Å². The first-order valence-electron chi connectivity index (χ1n) is 6.71. The molecule has 1 fully saturated rings. The molecule has 0 aromatic heterocycles. The van der Waals surface area contributed by atoms with Gasteiger partial charge in [-0.05, 0) is 80.2 Å². The van der Waals surface area contributed by atoms with Crippen molar-refractivity contribution in [2.24, 2.45) is 5.92 Å². The Balaban J connectivity index is 2.49. The lowest BCUT2D eigenvalue weighted by atomic mass is 9.82. The number of benzene rings is 1. The van der Waals surface area contributed by atoms with Gasteiger partial charge in [-0.2, -0.15) is 0 Å². The first-order valence-corrected chi connectivity index (χ1v) is 6.71. The SMILES string of the molecule is Cc1cc(C)c(C)c(C(CC(=O)O)C2CC2)c1C. The molecule has 1 aliphatic rings. The highest BCUT2D eigenvalue weighted by Crippen LogP contribution is 2.47. The van der Waals surface area contributed by atoms with Gasteiger partial charge in [0.2, 0.25) is 0 Å². The number of rotatable bonds is 4. The van der Waals surface area contributed by atoms with E-state index in [2.05, 4.69) is 33.8 Å². The Morgan fingerprint density at radius 3 is 2.11 bits per heavy atom. The predicted octanol–water partition coefficient (Wildman–Crippen LogP) is 3.89. The van der Waals surface area contributed by atoms with Crippen molar-refractivity contribution in [3.8, 4) is 0 Å². The maximum absolute atomic E-state index is 11.1. The van der Waals surface area contributed by atoms with Crippen LogP contribution in [0.5, 0.6) is 0 Å². The highest BCUT2D eigenvalue weighted by molar-refractivity contribution is 5.68. The molecular weight excluding hydrogens is 224 g/mol. The lowest BCUT2D eigenvalue weighted by molar-refractivity contribution is -0.137. The number of hydrogen-bond donors (Lipinski definition) is 1. The molecule has 0 amide bonds. The van der Waals surface area contributed by atoms with Crippen molar-refractivity contribution in [1.29, 1.82) is 0 Å². The Kier molecular flexibility index (Phi) is 3.47. The fourth-order valence-electron chi connectivity index (χ4n) is 2.99. The van der Waals surface area contributed by atoms with Crippen molar-refractivity contribution < 1.29 is 9.90 Å². The Morgan fingerprint density at radius 1 is 1.22 bits per heavy atom. The van der Waals surface area contributed by atoms with Crippen LogP contribution in [0.4, 0.5) is 0 Å². The van der Waals surface area contributed by atoms with Crippen molar-refractivity contribution in [2.45, 2.75) is 52.9 Å². The molecule has 0 heterocycles. The average Bonchev–Trinajstić information content (AvgIpc) is 3.08. The summed E-state index contributed by atoms with van der Waals surface area (Å²) in [5.41, 5.74) is 6.44. The summed E-state index contributed by atoms with van der Waals surface area (Å²) in [6.45, 7) is 8.51. The van der Waals surface area contributed by atoms with E-state index >= 15 is 0 Å². The molecule has 2 rings (SSSR count). The van der Waals surface area contributed by atoms with Crippen LogP contribution in [-0.2, 0) is 4.79 Å². The summed E-state index contributed by atoms with van der Waals surface area (Å²) in [6, 6.07) is 2.21. The molecule has 0 aliphatic heterocycles. The molecule has 0 spiro atoms. The number of hydrogen-bond acceptors (Lipinski definition) is 1. The van der Waals surface area contributed by atoms with Gasteiger partial charge in [0, 0.05) is 0 Å². The summed E-state index contributed by atoms with van der Waals surface area (Å²) in [5.74, 6) is 0.116. The molecule has 1 N–H and O–H groups in total. The fourth-order valence-corrected chi connectivity index (χ4v) is 2.99. The molecule has 0 bridgehead atoms. The van der Waals surface area contributed by atoms with Crippen molar-refractivity contribution in [2.75, 3.05) is 0 Å². The van der Waals surface area contributed by atoms with Crippen LogP contribution in [-0.4, -0.2) is 11.1 Å². The van der Waals surface area contributed by atoms with E-state index in [1.54, 1.807) is 0 Å². The van der Waals surface area contributed by atoms with Gasteiger partial charge in [0.1, 0.15) is 0 Å². The van der Waals surface area contributed by atoms with E-state index in [1.165, 1.54) is 40.7 Å². The molecule has 1 saturated carbocycles. The molecule has 0 radical (unpaired) electrons.